The Labute approximate surface area is 132 Å². The summed E-state index contributed by atoms with van der Waals surface area (Å²) < 4.78 is 10.1. The number of carbonyl (C=O) groups is 2. The number of carbonyl (C=O) groups excluding carboxylic acids is 1. The van der Waals surface area contributed by atoms with Crippen LogP contribution in [0.1, 0.15) is 30.8 Å². The fraction of sp³-hybridized carbons (Fsp3) is 0.538. The van der Waals surface area contributed by atoms with Crippen LogP contribution >= 0.6 is 0 Å². The Kier molecular flexibility index (Phi) is 5.16. The van der Waals surface area contributed by atoms with Gasteiger partial charge in [0.1, 0.15) is 0 Å². The highest BCUT2D eigenvalue weighted by atomic mass is 16.5. The van der Waals surface area contributed by atoms with E-state index in [1.165, 1.54) is 13.0 Å². The number of nitrogens with one attached hydrogen (secondary N) is 3. The van der Waals surface area contributed by atoms with Crippen molar-refractivity contribution >= 4 is 23.7 Å². The average molecular weight is 325 g/mol. The molecule has 10 nitrogen and oxygen atoms in total. The zero-order chi connectivity index (χ0) is 16.9. The number of aliphatic imine (C=N–C) groups is 1. The van der Waals surface area contributed by atoms with Gasteiger partial charge in [0.15, 0.2) is 11.8 Å². The van der Waals surface area contributed by atoms with Crippen LogP contribution in [0.3, 0.4) is 0 Å². The summed E-state index contributed by atoms with van der Waals surface area (Å²) in [5, 5.41) is 21.0. The van der Waals surface area contributed by atoms with Crippen LogP contribution in [0.5, 0.6) is 0 Å². The second-order valence-corrected chi connectivity index (χ2v) is 5.00. The molecule has 0 saturated heterocycles. The van der Waals surface area contributed by atoms with Crippen molar-refractivity contribution in [3.05, 3.63) is 11.8 Å². The van der Waals surface area contributed by atoms with Crippen LogP contribution in [0.4, 0.5) is 5.82 Å². The topological polar surface area (TPSA) is 138 Å². The number of guanidine groups is 1. The van der Waals surface area contributed by atoms with Gasteiger partial charge in [-0.2, -0.15) is 0 Å². The summed E-state index contributed by atoms with van der Waals surface area (Å²) in [7, 11) is 0. The van der Waals surface area contributed by atoms with Gasteiger partial charge in [-0.1, -0.05) is 12.1 Å². The number of aromatic nitrogens is 1. The molecule has 1 aromatic rings. The Hall–Kier alpha value is -2.62. The summed E-state index contributed by atoms with van der Waals surface area (Å²) in [6, 6.07) is 1.35. The number of ether oxygens (including phenoxy) is 1. The minimum Gasteiger partial charge on any atom is -0.478 e. The highest BCUT2D eigenvalue weighted by Gasteiger charge is 2.37. The largest absolute Gasteiger partial charge is 0.478 e. The molecule has 1 aliphatic heterocycles. The van der Waals surface area contributed by atoms with Gasteiger partial charge in [0.05, 0.1) is 6.54 Å². The quantitative estimate of drug-likeness (QED) is 0.514. The fourth-order valence-corrected chi connectivity index (χ4v) is 1.78. The minimum absolute atomic E-state index is 0.140. The van der Waals surface area contributed by atoms with Gasteiger partial charge in [-0.05, 0) is 13.3 Å². The molecule has 0 bridgehead atoms. The van der Waals surface area contributed by atoms with E-state index in [-0.39, 0.29) is 18.2 Å². The molecule has 10 heteroatoms. The third-order valence-corrected chi connectivity index (χ3v) is 3.01. The van der Waals surface area contributed by atoms with E-state index in [2.05, 4.69) is 26.1 Å². The van der Waals surface area contributed by atoms with Crippen molar-refractivity contribution < 1.29 is 24.0 Å². The van der Waals surface area contributed by atoms with E-state index in [4.69, 9.17) is 9.26 Å². The number of hydrogen-bond donors (Lipinski definition) is 4. The number of anilines is 1. The summed E-state index contributed by atoms with van der Waals surface area (Å²) >= 11 is 0. The first kappa shape index (κ1) is 16.7. The Bertz CT molecular complexity index is 614. The molecule has 0 aromatic carbocycles. The van der Waals surface area contributed by atoms with E-state index >= 15 is 0 Å². The number of carboxylic acid groups (broad SMARTS) is 1. The molecule has 2 rings (SSSR count). The van der Waals surface area contributed by atoms with Gasteiger partial charge in [-0.3, -0.25) is 9.79 Å². The number of amides is 1. The lowest BCUT2D eigenvalue weighted by Crippen LogP contribution is -2.54. The van der Waals surface area contributed by atoms with E-state index in [0.29, 0.717) is 18.9 Å². The van der Waals surface area contributed by atoms with Gasteiger partial charge >= 0.3 is 5.97 Å². The van der Waals surface area contributed by atoms with Gasteiger partial charge in [-0.15, -0.1) is 0 Å². The number of rotatable bonds is 7. The number of carboxylic acids is 1. The summed E-state index contributed by atoms with van der Waals surface area (Å²) in [5.74, 6) is -1.37. The zero-order valence-electron chi connectivity index (χ0n) is 12.9. The first-order chi connectivity index (χ1) is 10.9. The van der Waals surface area contributed by atoms with Crippen molar-refractivity contribution in [3.8, 4) is 0 Å². The molecular formula is C13H19N5O5. The third-order valence-electron chi connectivity index (χ3n) is 3.01. The molecule has 0 aliphatic carbocycles. The van der Waals surface area contributed by atoms with Crippen molar-refractivity contribution in [3.63, 3.8) is 0 Å². The number of aliphatic carboxylic acids is 1. The molecule has 1 aliphatic rings. The van der Waals surface area contributed by atoms with Gasteiger partial charge in [0.25, 0.3) is 5.91 Å². The summed E-state index contributed by atoms with van der Waals surface area (Å²) in [5.41, 5.74) is -1.84. The molecule has 1 amide bonds. The van der Waals surface area contributed by atoms with Gasteiger partial charge < -0.3 is 30.3 Å². The number of nitrogens with zero attached hydrogens (tertiary/aromatic N) is 2. The highest BCUT2D eigenvalue weighted by Crippen LogP contribution is 2.13. The maximum atomic E-state index is 12.1. The van der Waals surface area contributed by atoms with Crippen molar-refractivity contribution in [2.75, 3.05) is 25.0 Å². The van der Waals surface area contributed by atoms with Crippen molar-refractivity contribution in [2.45, 2.75) is 26.0 Å². The summed E-state index contributed by atoms with van der Waals surface area (Å²) in [6.07, 6.45) is 0.615. The second kappa shape index (κ2) is 7.09. The molecule has 0 spiro atoms. The average Bonchev–Trinajstić information content (AvgIpc) is 3.17. The molecule has 0 fully saturated rings. The van der Waals surface area contributed by atoms with Crippen LogP contribution < -0.4 is 16.0 Å². The first-order valence-corrected chi connectivity index (χ1v) is 7.16. The molecule has 4 N–H and O–H groups in total. The van der Waals surface area contributed by atoms with E-state index in [1.54, 1.807) is 0 Å². The summed E-state index contributed by atoms with van der Waals surface area (Å²) in [6.45, 7) is 4.66. The standard InChI is InChI=1S/C13H19N5O5/c1-3-6-22-13(2,11(20)21)17-10(19)8-7-9(18-23-8)16-12-14-4-5-15-12/h7H,3-6H2,1-2H3,(H,17,19)(H,20,21)(H2,14,15,16,18). The van der Waals surface area contributed by atoms with Crippen molar-refractivity contribution in [1.82, 2.24) is 15.8 Å². The SMILES string of the molecule is CCCOC(C)(NC(=O)c1cc(NC2=NCCN2)no1)C(=O)O. The smallest absolute Gasteiger partial charge is 0.357 e. The normalized spacial score (nSPS) is 16.2. The minimum atomic E-state index is -1.84. The Morgan fingerprint density at radius 3 is 2.96 bits per heavy atom. The molecule has 1 atom stereocenters. The predicted molar refractivity (Wildman–Crippen MR) is 80.2 cm³/mol. The third kappa shape index (κ3) is 4.19. The molecule has 23 heavy (non-hydrogen) atoms. The van der Waals surface area contributed by atoms with Crippen molar-refractivity contribution in [2.24, 2.45) is 4.99 Å². The van der Waals surface area contributed by atoms with E-state index < -0.39 is 17.6 Å². The molecule has 1 aromatic heterocycles. The lowest BCUT2D eigenvalue weighted by atomic mass is 10.2. The van der Waals surface area contributed by atoms with Gasteiger partial charge in [-0.25, -0.2) is 4.79 Å². The van der Waals surface area contributed by atoms with Gasteiger partial charge in [0, 0.05) is 19.2 Å². The van der Waals surface area contributed by atoms with Crippen molar-refractivity contribution in [1.29, 1.82) is 0 Å². The molecule has 2 heterocycles. The monoisotopic (exact) mass is 325 g/mol. The van der Waals surface area contributed by atoms with Crippen LogP contribution in [-0.2, 0) is 9.53 Å². The van der Waals surface area contributed by atoms with Crippen LogP contribution in [0, 0.1) is 0 Å². The van der Waals surface area contributed by atoms with Gasteiger partial charge in [0.2, 0.25) is 11.5 Å². The molecule has 0 saturated carbocycles. The number of hydrogen-bond acceptors (Lipinski definition) is 8. The summed E-state index contributed by atoms with van der Waals surface area (Å²) in [4.78, 5) is 27.5. The Morgan fingerprint density at radius 2 is 2.35 bits per heavy atom. The lowest BCUT2D eigenvalue weighted by molar-refractivity contribution is -0.166. The maximum absolute atomic E-state index is 12.1. The molecule has 1 unspecified atom stereocenters. The van der Waals surface area contributed by atoms with Crippen LogP contribution in [0.2, 0.25) is 0 Å². The van der Waals surface area contributed by atoms with Crippen LogP contribution in [-0.4, -0.2) is 53.5 Å². The first-order valence-electron chi connectivity index (χ1n) is 7.16. The Morgan fingerprint density at radius 1 is 1.57 bits per heavy atom. The highest BCUT2D eigenvalue weighted by molar-refractivity contribution is 5.97. The molecule has 126 valence electrons. The van der Waals surface area contributed by atoms with E-state index in [9.17, 15) is 14.7 Å². The second-order valence-electron chi connectivity index (χ2n) is 5.00. The van der Waals surface area contributed by atoms with Crippen LogP contribution in [0.15, 0.2) is 15.6 Å². The lowest BCUT2D eigenvalue weighted by Gasteiger charge is -2.25. The molecular weight excluding hydrogens is 306 g/mol. The fourth-order valence-electron chi connectivity index (χ4n) is 1.78. The van der Waals surface area contributed by atoms with Crippen LogP contribution in [0.25, 0.3) is 0 Å². The zero-order valence-corrected chi connectivity index (χ0v) is 12.9. The molecule has 0 radical (unpaired) electrons. The van der Waals surface area contributed by atoms with E-state index in [0.717, 1.165) is 6.54 Å². The Balaban J connectivity index is 2.01. The maximum Gasteiger partial charge on any atom is 0.357 e. The van der Waals surface area contributed by atoms with E-state index in [1.807, 2.05) is 6.92 Å². The predicted octanol–water partition coefficient (Wildman–Crippen LogP) is 0.00290.